The van der Waals surface area contributed by atoms with Crippen LogP contribution in [0.2, 0.25) is 0 Å². The summed E-state index contributed by atoms with van der Waals surface area (Å²) in [5, 5.41) is 2.75. The van der Waals surface area contributed by atoms with E-state index in [1.54, 1.807) is 24.3 Å². The van der Waals surface area contributed by atoms with E-state index in [9.17, 15) is 17.6 Å². The molecule has 0 unspecified atom stereocenters. The van der Waals surface area contributed by atoms with Gasteiger partial charge in [-0.25, -0.2) is 12.8 Å². The molecular weight excluding hydrogens is 419 g/mol. The average molecular weight is 443 g/mol. The second kappa shape index (κ2) is 9.72. The van der Waals surface area contributed by atoms with Gasteiger partial charge in [0.1, 0.15) is 17.6 Å². The number of sulfonamides is 1. The predicted molar refractivity (Wildman–Crippen MR) is 117 cm³/mol. The van der Waals surface area contributed by atoms with E-state index in [-0.39, 0.29) is 11.3 Å². The highest BCUT2D eigenvalue weighted by atomic mass is 32.2. The minimum absolute atomic E-state index is 0.126. The molecule has 0 aliphatic rings. The molecule has 0 aromatic heterocycles. The number of aryl methyl sites for hydroxylation is 1. The maximum absolute atomic E-state index is 13.2. The summed E-state index contributed by atoms with van der Waals surface area (Å²) >= 11 is 0. The lowest BCUT2D eigenvalue weighted by Gasteiger charge is -2.20. The molecule has 1 atom stereocenters. The summed E-state index contributed by atoms with van der Waals surface area (Å²) in [6, 6.07) is 17.7. The van der Waals surface area contributed by atoms with Crippen molar-refractivity contribution < 1.29 is 22.3 Å². The molecule has 3 aromatic carbocycles. The molecule has 0 bridgehead atoms. The van der Waals surface area contributed by atoms with Crippen LogP contribution in [0.25, 0.3) is 0 Å². The zero-order valence-corrected chi connectivity index (χ0v) is 17.9. The second-order valence-corrected chi connectivity index (χ2v) is 8.72. The highest BCUT2D eigenvalue weighted by molar-refractivity contribution is 7.89. The van der Waals surface area contributed by atoms with Crippen molar-refractivity contribution in [2.24, 2.45) is 0 Å². The summed E-state index contributed by atoms with van der Waals surface area (Å²) < 4.78 is 46.6. The number of benzene rings is 3. The van der Waals surface area contributed by atoms with E-state index in [1.165, 1.54) is 7.11 Å². The van der Waals surface area contributed by atoms with Crippen molar-refractivity contribution in [1.29, 1.82) is 0 Å². The predicted octanol–water partition coefficient (Wildman–Crippen LogP) is 3.67. The van der Waals surface area contributed by atoms with Gasteiger partial charge in [-0.3, -0.25) is 4.79 Å². The summed E-state index contributed by atoms with van der Waals surface area (Å²) in [6.07, 6.45) is 0.126. The van der Waals surface area contributed by atoms with E-state index in [4.69, 9.17) is 4.74 Å². The molecule has 31 heavy (non-hydrogen) atoms. The molecule has 0 aliphatic carbocycles. The van der Waals surface area contributed by atoms with Gasteiger partial charge in [-0.2, -0.15) is 4.72 Å². The lowest BCUT2D eigenvalue weighted by Crippen LogP contribution is -2.45. The van der Waals surface area contributed by atoms with Crippen LogP contribution >= 0.6 is 0 Å². The van der Waals surface area contributed by atoms with E-state index in [2.05, 4.69) is 10.0 Å². The Morgan fingerprint density at radius 2 is 1.71 bits per heavy atom. The summed E-state index contributed by atoms with van der Waals surface area (Å²) in [4.78, 5) is 13.0. The van der Waals surface area contributed by atoms with E-state index in [0.717, 1.165) is 35.4 Å². The summed E-state index contributed by atoms with van der Waals surface area (Å²) in [6.45, 7) is 1.87. The number of carbonyl (C=O) groups is 1. The number of anilines is 1. The third kappa shape index (κ3) is 5.90. The molecule has 0 saturated heterocycles. The Labute approximate surface area is 181 Å². The topological polar surface area (TPSA) is 84.5 Å². The molecule has 0 aliphatic heterocycles. The monoisotopic (exact) mass is 442 g/mol. The first-order valence-corrected chi connectivity index (χ1v) is 11.0. The van der Waals surface area contributed by atoms with Gasteiger partial charge in [-0.15, -0.1) is 0 Å². The van der Waals surface area contributed by atoms with Gasteiger partial charge in [0.2, 0.25) is 15.9 Å². The smallest absolute Gasteiger partial charge is 0.243 e. The lowest BCUT2D eigenvalue weighted by atomic mass is 10.1. The van der Waals surface area contributed by atoms with Crippen LogP contribution in [0, 0.1) is 12.7 Å². The van der Waals surface area contributed by atoms with Crippen LogP contribution in [0.15, 0.2) is 77.7 Å². The molecule has 0 radical (unpaired) electrons. The number of hydrogen-bond donors (Lipinski definition) is 2. The van der Waals surface area contributed by atoms with Crippen LogP contribution in [0.3, 0.4) is 0 Å². The minimum atomic E-state index is -4.07. The van der Waals surface area contributed by atoms with Crippen molar-refractivity contribution in [2.75, 3.05) is 12.4 Å². The molecule has 0 saturated carbocycles. The Bertz CT molecular complexity index is 1150. The van der Waals surface area contributed by atoms with Gasteiger partial charge in [-0.1, -0.05) is 36.4 Å². The van der Waals surface area contributed by atoms with Gasteiger partial charge < -0.3 is 10.1 Å². The number of methoxy groups -OCH3 is 1. The standard InChI is InChI=1S/C23H23FN2O4S/c1-16-8-13-22(30-2)20(14-16)25-23(27)21(15-17-6-4-3-5-7-17)26-31(28,29)19-11-9-18(24)10-12-19/h3-14,21,26H,15H2,1-2H3,(H,25,27)/t21-/m1/s1. The van der Waals surface area contributed by atoms with Crippen LogP contribution in [0.5, 0.6) is 5.75 Å². The number of amides is 1. The number of rotatable bonds is 8. The molecule has 2 N–H and O–H groups in total. The quantitative estimate of drug-likeness (QED) is 0.558. The number of ether oxygens (including phenoxy) is 1. The Kier molecular flexibility index (Phi) is 7.04. The van der Waals surface area contributed by atoms with E-state index in [1.807, 2.05) is 31.2 Å². The van der Waals surface area contributed by atoms with Crippen LogP contribution < -0.4 is 14.8 Å². The number of hydrogen-bond acceptors (Lipinski definition) is 4. The van der Waals surface area contributed by atoms with E-state index in [0.29, 0.717) is 11.4 Å². The maximum Gasteiger partial charge on any atom is 0.243 e. The molecule has 3 aromatic rings. The van der Waals surface area contributed by atoms with Crippen molar-refractivity contribution >= 4 is 21.6 Å². The SMILES string of the molecule is COc1ccc(C)cc1NC(=O)[C@@H](Cc1ccccc1)NS(=O)(=O)c1ccc(F)cc1. The molecular formula is C23H23FN2O4S. The Balaban J connectivity index is 1.90. The molecule has 0 heterocycles. The van der Waals surface area contributed by atoms with E-state index < -0.39 is 27.8 Å². The van der Waals surface area contributed by atoms with Crippen LogP contribution in [-0.4, -0.2) is 27.5 Å². The largest absolute Gasteiger partial charge is 0.495 e. The van der Waals surface area contributed by atoms with Crippen molar-refractivity contribution in [3.63, 3.8) is 0 Å². The summed E-state index contributed by atoms with van der Waals surface area (Å²) in [5.41, 5.74) is 2.12. The molecule has 3 rings (SSSR count). The lowest BCUT2D eigenvalue weighted by molar-refractivity contribution is -0.117. The van der Waals surface area contributed by atoms with Gasteiger partial charge in [-0.05, 0) is 60.9 Å². The van der Waals surface area contributed by atoms with Crippen LogP contribution in [-0.2, 0) is 21.2 Å². The summed E-state index contributed by atoms with van der Waals surface area (Å²) in [7, 11) is -2.58. The molecule has 0 spiro atoms. The van der Waals surface area contributed by atoms with Gasteiger partial charge in [0.05, 0.1) is 17.7 Å². The number of nitrogens with one attached hydrogen (secondary N) is 2. The zero-order chi connectivity index (χ0) is 22.4. The van der Waals surface area contributed by atoms with E-state index >= 15 is 0 Å². The Morgan fingerprint density at radius 1 is 1.03 bits per heavy atom. The molecule has 162 valence electrons. The maximum atomic E-state index is 13.2. The molecule has 1 amide bonds. The fraction of sp³-hybridized carbons (Fsp3) is 0.174. The summed E-state index contributed by atoms with van der Waals surface area (Å²) in [5.74, 6) is -0.638. The Morgan fingerprint density at radius 3 is 2.35 bits per heavy atom. The first-order valence-electron chi connectivity index (χ1n) is 9.56. The zero-order valence-electron chi connectivity index (χ0n) is 17.1. The fourth-order valence-electron chi connectivity index (χ4n) is 3.05. The molecule has 6 nitrogen and oxygen atoms in total. The van der Waals surface area contributed by atoms with Gasteiger partial charge in [0, 0.05) is 0 Å². The van der Waals surface area contributed by atoms with Crippen molar-refractivity contribution in [3.8, 4) is 5.75 Å². The van der Waals surface area contributed by atoms with Gasteiger partial charge in [0.15, 0.2) is 0 Å². The van der Waals surface area contributed by atoms with Crippen molar-refractivity contribution in [2.45, 2.75) is 24.3 Å². The van der Waals surface area contributed by atoms with Crippen molar-refractivity contribution in [1.82, 2.24) is 4.72 Å². The number of halogens is 1. The highest BCUT2D eigenvalue weighted by Gasteiger charge is 2.27. The second-order valence-electron chi connectivity index (χ2n) is 7.01. The highest BCUT2D eigenvalue weighted by Crippen LogP contribution is 2.25. The van der Waals surface area contributed by atoms with Crippen LogP contribution in [0.4, 0.5) is 10.1 Å². The third-order valence-electron chi connectivity index (χ3n) is 4.63. The Hall–Kier alpha value is -3.23. The van der Waals surface area contributed by atoms with Gasteiger partial charge >= 0.3 is 0 Å². The van der Waals surface area contributed by atoms with Crippen LogP contribution in [0.1, 0.15) is 11.1 Å². The molecule has 8 heteroatoms. The van der Waals surface area contributed by atoms with Gasteiger partial charge in [0.25, 0.3) is 0 Å². The number of carbonyl (C=O) groups excluding carboxylic acids is 1. The normalized spacial score (nSPS) is 12.2. The van der Waals surface area contributed by atoms with Crippen molar-refractivity contribution in [3.05, 3.63) is 89.7 Å². The minimum Gasteiger partial charge on any atom is -0.495 e. The average Bonchev–Trinajstić information content (AvgIpc) is 2.74. The first-order chi connectivity index (χ1) is 14.8. The first kappa shape index (κ1) is 22.5. The molecule has 0 fully saturated rings. The fourth-order valence-corrected chi connectivity index (χ4v) is 4.24. The third-order valence-corrected chi connectivity index (χ3v) is 6.12.